The van der Waals surface area contributed by atoms with Crippen LogP contribution in [0, 0.1) is 5.82 Å². The number of benzene rings is 1. The van der Waals surface area contributed by atoms with Gasteiger partial charge in [0.2, 0.25) is 5.91 Å². The van der Waals surface area contributed by atoms with Gasteiger partial charge in [0.25, 0.3) is 0 Å². The average Bonchev–Trinajstić information content (AvgIpc) is 2.31. The predicted octanol–water partition coefficient (Wildman–Crippen LogP) is 2.16. The Kier molecular flexibility index (Phi) is 5.58. The van der Waals surface area contributed by atoms with Gasteiger partial charge in [-0.15, -0.1) is 0 Å². The van der Waals surface area contributed by atoms with Gasteiger partial charge in [0.15, 0.2) is 11.6 Å². The summed E-state index contributed by atoms with van der Waals surface area (Å²) in [5.74, 6) is -0.443. The topological polar surface area (TPSA) is 50.4 Å². The Morgan fingerprint density at radius 2 is 2.17 bits per heavy atom. The van der Waals surface area contributed by atoms with Gasteiger partial charge in [-0.1, -0.05) is 13.8 Å². The normalized spacial score (nSPS) is 10.5. The summed E-state index contributed by atoms with van der Waals surface area (Å²) in [6.45, 7) is 4.65. The van der Waals surface area contributed by atoms with Crippen LogP contribution in [0.4, 0.5) is 10.1 Å². The quantitative estimate of drug-likeness (QED) is 0.818. The number of ether oxygens (including phenoxy) is 1. The van der Waals surface area contributed by atoms with Crippen molar-refractivity contribution < 1.29 is 13.9 Å². The molecule has 0 spiro atoms. The smallest absolute Gasteiger partial charge is 0.225 e. The number of hydrogen-bond donors (Lipinski definition) is 2. The first-order chi connectivity index (χ1) is 8.52. The van der Waals surface area contributed by atoms with E-state index in [9.17, 15) is 9.18 Å². The Hall–Kier alpha value is -1.62. The van der Waals surface area contributed by atoms with Crippen LogP contribution in [0.1, 0.15) is 20.3 Å². The van der Waals surface area contributed by atoms with Gasteiger partial charge in [-0.2, -0.15) is 0 Å². The molecule has 2 N–H and O–H groups in total. The van der Waals surface area contributed by atoms with Crippen molar-refractivity contribution in [2.45, 2.75) is 26.3 Å². The number of halogens is 1. The van der Waals surface area contributed by atoms with Gasteiger partial charge < -0.3 is 15.4 Å². The second-order valence-corrected chi connectivity index (χ2v) is 4.26. The second-order valence-electron chi connectivity index (χ2n) is 4.26. The van der Waals surface area contributed by atoms with Crippen molar-refractivity contribution >= 4 is 11.6 Å². The molecule has 0 radical (unpaired) electrons. The third-order valence-electron chi connectivity index (χ3n) is 2.34. The third kappa shape index (κ3) is 4.71. The molecule has 0 aliphatic heterocycles. The highest BCUT2D eigenvalue weighted by atomic mass is 19.1. The van der Waals surface area contributed by atoms with E-state index in [-0.39, 0.29) is 11.7 Å². The molecule has 18 heavy (non-hydrogen) atoms. The van der Waals surface area contributed by atoms with Crippen molar-refractivity contribution in [3.05, 3.63) is 24.0 Å². The summed E-state index contributed by atoms with van der Waals surface area (Å²) in [5, 5.41) is 5.84. The van der Waals surface area contributed by atoms with Crippen LogP contribution in [0.2, 0.25) is 0 Å². The number of carbonyl (C=O) groups excluding carboxylic acids is 1. The fourth-order valence-corrected chi connectivity index (χ4v) is 1.44. The van der Waals surface area contributed by atoms with E-state index in [1.807, 2.05) is 13.8 Å². The lowest BCUT2D eigenvalue weighted by molar-refractivity contribution is -0.116. The summed E-state index contributed by atoms with van der Waals surface area (Å²) in [7, 11) is 1.39. The minimum atomic E-state index is -0.447. The van der Waals surface area contributed by atoms with Crippen LogP contribution in [0.3, 0.4) is 0 Å². The minimum Gasteiger partial charge on any atom is -0.494 e. The van der Waals surface area contributed by atoms with Gasteiger partial charge >= 0.3 is 0 Å². The van der Waals surface area contributed by atoms with E-state index in [0.717, 1.165) is 0 Å². The van der Waals surface area contributed by atoms with E-state index in [4.69, 9.17) is 4.74 Å². The number of rotatable bonds is 6. The van der Waals surface area contributed by atoms with Crippen LogP contribution < -0.4 is 15.4 Å². The summed E-state index contributed by atoms with van der Waals surface area (Å²) in [6, 6.07) is 4.58. The monoisotopic (exact) mass is 254 g/mol. The minimum absolute atomic E-state index is 0.114. The number of carbonyl (C=O) groups is 1. The Bertz CT molecular complexity index is 408. The molecular weight excluding hydrogens is 235 g/mol. The molecule has 100 valence electrons. The number of hydrogen-bond acceptors (Lipinski definition) is 3. The van der Waals surface area contributed by atoms with Crippen molar-refractivity contribution in [2.75, 3.05) is 19.0 Å². The predicted molar refractivity (Wildman–Crippen MR) is 69.3 cm³/mol. The molecule has 0 unspecified atom stereocenters. The number of nitrogens with one attached hydrogen (secondary N) is 2. The molecule has 1 aromatic rings. The summed E-state index contributed by atoms with van der Waals surface area (Å²) in [4.78, 5) is 11.6. The Labute approximate surface area is 107 Å². The van der Waals surface area contributed by atoms with Crippen LogP contribution in [-0.2, 0) is 4.79 Å². The maximum atomic E-state index is 13.2. The molecule has 1 rings (SSSR count). The van der Waals surface area contributed by atoms with Crippen LogP contribution >= 0.6 is 0 Å². The second kappa shape index (κ2) is 6.96. The van der Waals surface area contributed by atoms with Gasteiger partial charge in [0.05, 0.1) is 7.11 Å². The standard InChI is InChI=1S/C13H19FN2O2/c1-9(2)15-7-6-13(17)16-10-4-5-11(14)12(8-10)18-3/h4-5,8-9,15H,6-7H2,1-3H3,(H,16,17). The summed E-state index contributed by atoms with van der Waals surface area (Å²) in [6.07, 6.45) is 0.373. The van der Waals surface area contributed by atoms with E-state index in [2.05, 4.69) is 10.6 Å². The lowest BCUT2D eigenvalue weighted by atomic mass is 10.2. The van der Waals surface area contributed by atoms with Gasteiger partial charge in [-0.25, -0.2) is 4.39 Å². The van der Waals surface area contributed by atoms with Crippen molar-refractivity contribution in [1.29, 1.82) is 0 Å². The fourth-order valence-electron chi connectivity index (χ4n) is 1.44. The number of amides is 1. The summed E-state index contributed by atoms with van der Waals surface area (Å²) < 4.78 is 18.0. The van der Waals surface area contributed by atoms with Crippen molar-refractivity contribution in [2.24, 2.45) is 0 Å². The van der Waals surface area contributed by atoms with Crippen LogP contribution in [0.15, 0.2) is 18.2 Å². The first-order valence-corrected chi connectivity index (χ1v) is 5.89. The van der Waals surface area contributed by atoms with E-state index in [0.29, 0.717) is 24.7 Å². The molecule has 0 atom stereocenters. The molecule has 0 heterocycles. The zero-order chi connectivity index (χ0) is 13.5. The molecule has 0 bridgehead atoms. The Morgan fingerprint density at radius 1 is 1.44 bits per heavy atom. The summed E-state index contributed by atoms with van der Waals surface area (Å²) >= 11 is 0. The largest absolute Gasteiger partial charge is 0.494 e. The lowest BCUT2D eigenvalue weighted by Crippen LogP contribution is -2.27. The van der Waals surface area contributed by atoms with Crippen molar-refractivity contribution in [3.8, 4) is 5.75 Å². The molecule has 5 heteroatoms. The first-order valence-electron chi connectivity index (χ1n) is 5.89. The van der Waals surface area contributed by atoms with E-state index >= 15 is 0 Å². The lowest BCUT2D eigenvalue weighted by Gasteiger charge is -2.09. The molecule has 0 aromatic heterocycles. The molecule has 1 aromatic carbocycles. The third-order valence-corrected chi connectivity index (χ3v) is 2.34. The Morgan fingerprint density at radius 3 is 2.78 bits per heavy atom. The van der Waals surface area contributed by atoms with E-state index < -0.39 is 5.82 Å². The molecule has 0 aliphatic carbocycles. The fraction of sp³-hybridized carbons (Fsp3) is 0.462. The molecule has 0 fully saturated rings. The Balaban J connectivity index is 2.49. The molecule has 0 saturated carbocycles. The van der Waals surface area contributed by atoms with Crippen molar-refractivity contribution in [3.63, 3.8) is 0 Å². The van der Waals surface area contributed by atoms with Crippen LogP contribution in [0.5, 0.6) is 5.75 Å². The maximum absolute atomic E-state index is 13.2. The molecule has 1 amide bonds. The van der Waals surface area contributed by atoms with Crippen LogP contribution in [-0.4, -0.2) is 25.6 Å². The molecule has 0 aliphatic rings. The van der Waals surface area contributed by atoms with Gasteiger partial charge in [-0.3, -0.25) is 4.79 Å². The van der Waals surface area contributed by atoms with E-state index in [1.54, 1.807) is 0 Å². The molecular formula is C13H19FN2O2. The van der Waals surface area contributed by atoms with Gasteiger partial charge in [0, 0.05) is 30.8 Å². The molecule has 0 saturated heterocycles. The number of methoxy groups -OCH3 is 1. The zero-order valence-corrected chi connectivity index (χ0v) is 10.9. The van der Waals surface area contributed by atoms with Gasteiger partial charge in [-0.05, 0) is 12.1 Å². The van der Waals surface area contributed by atoms with Crippen molar-refractivity contribution in [1.82, 2.24) is 5.32 Å². The highest BCUT2D eigenvalue weighted by molar-refractivity contribution is 5.91. The highest BCUT2D eigenvalue weighted by Crippen LogP contribution is 2.21. The van der Waals surface area contributed by atoms with E-state index in [1.165, 1.54) is 25.3 Å². The molecule has 4 nitrogen and oxygen atoms in total. The summed E-state index contributed by atoms with van der Waals surface area (Å²) in [5.41, 5.74) is 0.530. The van der Waals surface area contributed by atoms with Crippen LogP contribution in [0.25, 0.3) is 0 Å². The first kappa shape index (κ1) is 14.4. The maximum Gasteiger partial charge on any atom is 0.225 e. The SMILES string of the molecule is COc1cc(NC(=O)CCNC(C)C)ccc1F. The van der Waals surface area contributed by atoms with Gasteiger partial charge in [0.1, 0.15) is 0 Å². The average molecular weight is 254 g/mol. The zero-order valence-electron chi connectivity index (χ0n) is 10.9. The highest BCUT2D eigenvalue weighted by Gasteiger charge is 2.06. The number of anilines is 1.